The monoisotopic (exact) mass is 294 g/mol. The van der Waals surface area contributed by atoms with E-state index in [-0.39, 0.29) is 23.4 Å². The molecule has 0 aliphatic heterocycles. The number of amides is 1. The fourth-order valence-electron chi connectivity index (χ4n) is 2.96. The second-order valence-electron chi connectivity index (χ2n) is 6.54. The van der Waals surface area contributed by atoms with Crippen LogP contribution in [0, 0.1) is 5.41 Å². The molecule has 3 nitrogen and oxygen atoms in total. The van der Waals surface area contributed by atoms with Crippen LogP contribution in [0.1, 0.15) is 44.9 Å². The molecule has 0 aromatic heterocycles. The molecule has 1 aromatic carbocycles. The van der Waals surface area contributed by atoms with E-state index in [1.807, 2.05) is 26.0 Å². The summed E-state index contributed by atoms with van der Waals surface area (Å²) in [5.41, 5.74) is 2.63. The molecular weight excluding hydrogens is 272 g/mol. The lowest BCUT2D eigenvalue weighted by molar-refractivity contribution is -0.120. The van der Waals surface area contributed by atoms with Crippen LogP contribution in [0.15, 0.2) is 18.2 Å². The third-order valence-corrected chi connectivity index (χ3v) is 4.00. The number of nitrogens with one attached hydrogen (secondary N) is 2. The summed E-state index contributed by atoms with van der Waals surface area (Å²) in [5, 5.41) is 7.04. The lowest BCUT2D eigenvalue weighted by Gasteiger charge is -2.28. The van der Waals surface area contributed by atoms with Gasteiger partial charge in [0.05, 0.1) is 6.54 Å². The van der Waals surface area contributed by atoms with E-state index in [0.717, 1.165) is 11.4 Å². The maximum Gasteiger partial charge on any atom is 0.234 e. The Morgan fingerprint density at radius 2 is 2.15 bits per heavy atom. The van der Waals surface area contributed by atoms with Crippen LogP contribution >= 0.6 is 11.6 Å². The van der Waals surface area contributed by atoms with Crippen molar-refractivity contribution in [1.82, 2.24) is 10.6 Å². The molecule has 1 aliphatic carbocycles. The lowest BCUT2D eigenvalue weighted by Crippen LogP contribution is -2.41. The highest BCUT2D eigenvalue weighted by Gasteiger charge is 2.38. The van der Waals surface area contributed by atoms with Gasteiger partial charge in [0.1, 0.15) is 0 Å². The first-order valence-electron chi connectivity index (χ1n) is 7.10. The zero-order valence-electron chi connectivity index (χ0n) is 12.6. The first-order chi connectivity index (χ1) is 9.29. The molecule has 4 heteroatoms. The van der Waals surface area contributed by atoms with Crippen LogP contribution in [0.2, 0.25) is 5.02 Å². The standard InChI is InChI=1S/C16H23ClN2O/c1-10(2)19-14(20)9-18-15-13-7-12(17)6-5-11(13)8-16(15,3)4/h5-7,10,15,18H,8-9H2,1-4H3,(H,19,20). The van der Waals surface area contributed by atoms with Gasteiger partial charge < -0.3 is 10.6 Å². The van der Waals surface area contributed by atoms with Gasteiger partial charge in [0.25, 0.3) is 0 Å². The molecule has 2 N–H and O–H groups in total. The van der Waals surface area contributed by atoms with E-state index in [1.54, 1.807) is 0 Å². The quantitative estimate of drug-likeness (QED) is 0.896. The van der Waals surface area contributed by atoms with Crippen LogP contribution < -0.4 is 10.6 Å². The van der Waals surface area contributed by atoms with Gasteiger partial charge in [-0.1, -0.05) is 31.5 Å². The van der Waals surface area contributed by atoms with Crippen molar-refractivity contribution in [3.8, 4) is 0 Å². The Bertz CT molecular complexity index is 511. The minimum Gasteiger partial charge on any atom is -0.353 e. The number of hydrogen-bond donors (Lipinski definition) is 2. The molecule has 1 aromatic rings. The van der Waals surface area contributed by atoms with Gasteiger partial charge in [0.2, 0.25) is 5.91 Å². The molecule has 110 valence electrons. The molecule has 0 saturated carbocycles. The first kappa shape index (κ1) is 15.3. The fourth-order valence-corrected chi connectivity index (χ4v) is 3.14. The topological polar surface area (TPSA) is 41.1 Å². The zero-order chi connectivity index (χ0) is 14.9. The van der Waals surface area contributed by atoms with Gasteiger partial charge in [0.15, 0.2) is 0 Å². The van der Waals surface area contributed by atoms with Gasteiger partial charge in [-0.25, -0.2) is 0 Å². The Kier molecular flexibility index (Phi) is 4.40. The summed E-state index contributed by atoms with van der Waals surface area (Å²) in [5.74, 6) is 0.0336. The van der Waals surface area contributed by atoms with Gasteiger partial charge in [-0.3, -0.25) is 4.79 Å². The van der Waals surface area contributed by atoms with Crippen molar-refractivity contribution in [3.05, 3.63) is 34.3 Å². The molecule has 2 rings (SSSR count). The van der Waals surface area contributed by atoms with Crippen LogP contribution in [-0.4, -0.2) is 18.5 Å². The summed E-state index contributed by atoms with van der Waals surface area (Å²) in [6, 6.07) is 6.38. The van der Waals surface area contributed by atoms with Gasteiger partial charge in [-0.15, -0.1) is 0 Å². The third-order valence-electron chi connectivity index (χ3n) is 3.76. The van der Waals surface area contributed by atoms with Crippen LogP contribution in [0.25, 0.3) is 0 Å². The normalized spacial score (nSPS) is 20.0. The van der Waals surface area contributed by atoms with Gasteiger partial charge in [0, 0.05) is 17.1 Å². The number of fused-ring (bicyclic) bond motifs is 1. The largest absolute Gasteiger partial charge is 0.353 e. The third kappa shape index (κ3) is 3.33. The first-order valence-corrected chi connectivity index (χ1v) is 7.48. The highest BCUT2D eigenvalue weighted by Crippen LogP contribution is 2.45. The van der Waals surface area contributed by atoms with E-state index in [2.05, 4.69) is 30.5 Å². The minimum atomic E-state index is 0.0336. The molecule has 1 atom stereocenters. The predicted molar refractivity (Wildman–Crippen MR) is 83.0 cm³/mol. The number of carbonyl (C=O) groups is 1. The van der Waals surface area contributed by atoms with Gasteiger partial charge in [-0.2, -0.15) is 0 Å². The summed E-state index contributed by atoms with van der Waals surface area (Å²) in [6.45, 7) is 8.70. The highest BCUT2D eigenvalue weighted by molar-refractivity contribution is 6.30. The molecule has 0 heterocycles. The van der Waals surface area contributed by atoms with E-state index in [0.29, 0.717) is 6.54 Å². The van der Waals surface area contributed by atoms with Gasteiger partial charge in [-0.05, 0) is 48.9 Å². The Morgan fingerprint density at radius 1 is 1.45 bits per heavy atom. The molecule has 1 aliphatic rings. The van der Waals surface area contributed by atoms with Crippen LogP contribution in [0.3, 0.4) is 0 Å². The smallest absolute Gasteiger partial charge is 0.234 e. The molecule has 0 bridgehead atoms. The maximum atomic E-state index is 11.8. The number of benzene rings is 1. The van der Waals surface area contributed by atoms with E-state index in [9.17, 15) is 4.79 Å². The Balaban J connectivity index is 2.11. The predicted octanol–water partition coefficient (Wildman–Crippen LogP) is 3.08. The van der Waals surface area contributed by atoms with Crippen molar-refractivity contribution in [2.75, 3.05) is 6.54 Å². The molecule has 0 fully saturated rings. The Morgan fingerprint density at radius 3 is 2.80 bits per heavy atom. The van der Waals surface area contributed by atoms with Crippen molar-refractivity contribution in [2.24, 2.45) is 5.41 Å². The summed E-state index contributed by atoms with van der Waals surface area (Å²) in [4.78, 5) is 11.8. The van der Waals surface area contributed by atoms with Crippen LogP contribution in [-0.2, 0) is 11.2 Å². The second kappa shape index (κ2) is 5.74. The minimum absolute atomic E-state index is 0.0336. The van der Waals surface area contributed by atoms with Crippen molar-refractivity contribution >= 4 is 17.5 Å². The number of halogens is 1. The molecule has 0 spiro atoms. The number of rotatable bonds is 4. The van der Waals surface area contributed by atoms with E-state index < -0.39 is 0 Å². The fraction of sp³-hybridized carbons (Fsp3) is 0.562. The maximum absolute atomic E-state index is 11.8. The Hall–Kier alpha value is -1.06. The molecule has 0 radical (unpaired) electrons. The van der Waals surface area contributed by atoms with Crippen molar-refractivity contribution < 1.29 is 4.79 Å². The molecule has 1 unspecified atom stereocenters. The Labute approximate surface area is 126 Å². The molecular formula is C16H23ClN2O. The lowest BCUT2D eigenvalue weighted by atomic mass is 9.85. The van der Waals surface area contributed by atoms with E-state index in [4.69, 9.17) is 11.6 Å². The van der Waals surface area contributed by atoms with Crippen molar-refractivity contribution in [3.63, 3.8) is 0 Å². The highest BCUT2D eigenvalue weighted by atomic mass is 35.5. The number of hydrogen-bond acceptors (Lipinski definition) is 2. The van der Waals surface area contributed by atoms with Crippen LogP contribution in [0.5, 0.6) is 0 Å². The summed E-state index contributed by atoms with van der Waals surface area (Å²) in [7, 11) is 0. The molecule has 20 heavy (non-hydrogen) atoms. The second-order valence-corrected chi connectivity index (χ2v) is 6.98. The van der Waals surface area contributed by atoms with Crippen molar-refractivity contribution in [2.45, 2.75) is 46.2 Å². The zero-order valence-corrected chi connectivity index (χ0v) is 13.3. The van der Waals surface area contributed by atoms with Crippen molar-refractivity contribution in [1.29, 1.82) is 0 Å². The van der Waals surface area contributed by atoms with Crippen LogP contribution in [0.4, 0.5) is 0 Å². The SMILES string of the molecule is CC(C)NC(=O)CNC1c2cc(Cl)ccc2CC1(C)C. The number of carbonyl (C=O) groups excluding carboxylic acids is 1. The van der Waals surface area contributed by atoms with E-state index >= 15 is 0 Å². The summed E-state index contributed by atoms with van der Waals surface area (Å²) < 4.78 is 0. The molecule has 0 saturated heterocycles. The average molecular weight is 295 g/mol. The summed E-state index contributed by atoms with van der Waals surface area (Å²) in [6.07, 6.45) is 1.00. The van der Waals surface area contributed by atoms with E-state index in [1.165, 1.54) is 11.1 Å². The summed E-state index contributed by atoms with van der Waals surface area (Å²) >= 11 is 6.11. The average Bonchev–Trinajstić information content (AvgIpc) is 2.55. The molecule has 1 amide bonds. The van der Waals surface area contributed by atoms with Gasteiger partial charge >= 0.3 is 0 Å².